The van der Waals surface area contributed by atoms with Crippen molar-refractivity contribution >= 4 is 23.0 Å². The molecule has 0 saturated heterocycles. The Kier molecular flexibility index (Phi) is 3.75. The lowest BCUT2D eigenvalue weighted by molar-refractivity contribution is 0.343. The van der Waals surface area contributed by atoms with Crippen molar-refractivity contribution < 1.29 is 3.07 Å². The van der Waals surface area contributed by atoms with Gasteiger partial charge in [0.1, 0.15) is 29.1 Å². The molecule has 0 bridgehead atoms. The fraction of sp³-hybridized carbons (Fsp3) is 0.0769. The van der Waals surface area contributed by atoms with E-state index in [2.05, 4.69) is 24.3 Å². The molecule has 0 aliphatic carbocycles. The van der Waals surface area contributed by atoms with Crippen molar-refractivity contribution in [2.45, 2.75) is 6.10 Å². The van der Waals surface area contributed by atoms with Gasteiger partial charge in [-0.3, -0.25) is 0 Å². The third kappa shape index (κ3) is 2.58. The summed E-state index contributed by atoms with van der Waals surface area (Å²) in [5.41, 5.74) is 2.36. The van der Waals surface area contributed by atoms with Gasteiger partial charge in [-0.1, -0.05) is 60.7 Å². The molecule has 0 N–H and O–H groups in total. The summed E-state index contributed by atoms with van der Waals surface area (Å²) in [5.74, 6) is 0. The summed E-state index contributed by atoms with van der Waals surface area (Å²) in [5, 5.41) is 0. The zero-order chi connectivity index (χ0) is 10.5. The molecule has 76 valence electrons. The van der Waals surface area contributed by atoms with Crippen molar-refractivity contribution in [1.82, 2.24) is 0 Å². The van der Waals surface area contributed by atoms with Gasteiger partial charge in [-0.2, -0.15) is 0 Å². The normalized spacial score (nSPS) is 10.5. The van der Waals surface area contributed by atoms with E-state index >= 15 is 0 Å². The summed E-state index contributed by atoms with van der Waals surface area (Å²) in [6.07, 6.45) is 0.0213. The molecule has 0 aliphatic heterocycles. The SMILES string of the molecule is IOC(c1ccccc1)c1ccccc1. The molecule has 0 aliphatic rings. The Balaban J connectivity index is 2.34. The molecule has 15 heavy (non-hydrogen) atoms. The third-order valence-electron chi connectivity index (χ3n) is 2.29. The largest absolute Gasteiger partial charge is 0.303 e. The molecule has 2 aromatic carbocycles. The average molecular weight is 310 g/mol. The van der Waals surface area contributed by atoms with Crippen LogP contribution < -0.4 is 0 Å². The van der Waals surface area contributed by atoms with Crippen LogP contribution in [-0.4, -0.2) is 0 Å². The molecule has 1 nitrogen and oxygen atoms in total. The summed E-state index contributed by atoms with van der Waals surface area (Å²) in [6.45, 7) is 0. The van der Waals surface area contributed by atoms with Crippen LogP contribution in [-0.2, 0) is 3.07 Å². The van der Waals surface area contributed by atoms with Crippen LogP contribution in [0.4, 0.5) is 0 Å². The average Bonchev–Trinajstić information content (AvgIpc) is 2.33. The van der Waals surface area contributed by atoms with Crippen molar-refractivity contribution in [3.05, 3.63) is 71.8 Å². The first-order chi connectivity index (χ1) is 7.42. The first-order valence-electron chi connectivity index (χ1n) is 4.79. The molecule has 2 aromatic rings. The van der Waals surface area contributed by atoms with E-state index in [4.69, 9.17) is 3.07 Å². The quantitative estimate of drug-likeness (QED) is 0.774. The molecule has 0 amide bonds. The highest BCUT2D eigenvalue weighted by Crippen LogP contribution is 2.27. The number of hydrogen-bond acceptors (Lipinski definition) is 1. The molecule has 0 radical (unpaired) electrons. The maximum absolute atomic E-state index is 5.49. The van der Waals surface area contributed by atoms with Gasteiger partial charge in [-0.25, -0.2) is 0 Å². The van der Waals surface area contributed by atoms with Crippen LogP contribution in [0.1, 0.15) is 17.2 Å². The van der Waals surface area contributed by atoms with Gasteiger partial charge in [0.15, 0.2) is 0 Å². The van der Waals surface area contributed by atoms with Crippen LogP contribution in [0.3, 0.4) is 0 Å². The van der Waals surface area contributed by atoms with Crippen molar-refractivity contribution in [2.75, 3.05) is 0 Å². The van der Waals surface area contributed by atoms with Crippen molar-refractivity contribution in [2.24, 2.45) is 0 Å². The van der Waals surface area contributed by atoms with Gasteiger partial charge < -0.3 is 3.07 Å². The van der Waals surface area contributed by atoms with Crippen LogP contribution in [0, 0.1) is 0 Å². The van der Waals surface area contributed by atoms with Crippen LogP contribution in [0.5, 0.6) is 0 Å². The summed E-state index contributed by atoms with van der Waals surface area (Å²) >= 11 is 1.96. The Hall–Kier alpha value is -0.870. The number of halogens is 1. The Morgan fingerprint density at radius 1 is 0.733 bits per heavy atom. The lowest BCUT2D eigenvalue weighted by Crippen LogP contribution is -1.99. The molecule has 0 unspecified atom stereocenters. The van der Waals surface area contributed by atoms with E-state index in [1.165, 1.54) is 11.1 Å². The first kappa shape index (κ1) is 10.6. The lowest BCUT2D eigenvalue weighted by atomic mass is 10.0. The Labute approximate surface area is 104 Å². The zero-order valence-electron chi connectivity index (χ0n) is 8.14. The van der Waals surface area contributed by atoms with E-state index in [1.807, 2.05) is 59.4 Å². The van der Waals surface area contributed by atoms with Crippen molar-refractivity contribution in [3.8, 4) is 0 Å². The Morgan fingerprint density at radius 3 is 1.47 bits per heavy atom. The van der Waals surface area contributed by atoms with E-state index in [1.54, 1.807) is 0 Å². The second-order valence-corrected chi connectivity index (χ2v) is 3.80. The number of rotatable bonds is 3. The fourth-order valence-corrected chi connectivity index (χ4v) is 2.14. The van der Waals surface area contributed by atoms with Gasteiger partial charge in [0, 0.05) is 0 Å². The van der Waals surface area contributed by atoms with Gasteiger partial charge in [-0.15, -0.1) is 0 Å². The van der Waals surface area contributed by atoms with Crippen molar-refractivity contribution in [3.63, 3.8) is 0 Å². The highest BCUT2D eigenvalue weighted by Gasteiger charge is 2.12. The minimum Gasteiger partial charge on any atom is -0.303 e. The summed E-state index contributed by atoms with van der Waals surface area (Å²) in [6, 6.07) is 20.5. The van der Waals surface area contributed by atoms with Crippen LogP contribution in [0.25, 0.3) is 0 Å². The minimum atomic E-state index is 0.0213. The topological polar surface area (TPSA) is 9.23 Å². The van der Waals surface area contributed by atoms with Crippen LogP contribution in [0.15, 0.2) is 60.7 Å². The van der Waals surface area contributed by atoms with Gasteiger partial charge >= 0.3 is 0 Å². The maximum atomic E-state index is 5.49. The molecule has 0 saturated carbocycles. The molecule has 0 heterocycles. The Bertz CT molecular complexity index is 360. The number of hydrogen-bond donors (Lipinski definition) is 0. The lowest BCUT2D eigenvalue weighted by Gasteiger charge is -2.14. The summed E-state index contributed by atoms with van der Waals surface area (Å²) in [7, 11) is 0. The second-order valence-electron chi connectivity index (χ2n) is 3.29. The summed E-state index contributed by atoms with van der Waals surface area (Å²) in [4.78, 5) is 0. The maximum Gasteiger partial charge on any atom is 0.120 e. The molecular formula is C13H11IO. The van der Waals surface area contributed by atoms with E-state index in [0.717, 1.165) is 0 Å². The molecule has 0 aromatic heterocycles. The van der Waals surface area contributed by atoms with E-state index in [-0.39, 0.29) is 6.10 Å². The van der Waals surface area contributed by atoms with Gasteiger partial charge in [0.2, 0.25) is 0 Å². The first-order valence-corrected chi connectivity index (χ1v) is 5.67. The van der Waals surface area contributed by atoms with E-state index in [9.17, 15) is 0 Å². The van der Waals surface area contributed by atoms with E-state index < -0.39 is 0 Å². The molecule has 0 fully saturated rings. The molecule has 2 heteroatoms. The predicted molar refractivity (Wildman–Crippen MR) is 69.8 cm³/mol. The zero-order valence-corrected chi connectivity index (χ0v) is 10.3. The molecular weight excluding hydrogens is 299 g/mol. The molecule has 2 rings (SSSR count). The van der Waals surface area contributed by atoms with Crippen molar-refractivity contribution in [1.29, 1.82) is 0 Å². The van der Waals surface area contributed by atoms with Crippen LogP contribution >= 0.6 is 23.0 Å². The summed E-state index contributed by atoms with van der Waals surface area (Å²) < 4.78 is 5.49. The monoisotopic (exact) mass is 310 g/mol. The van der Waals surface area contributed by atoms with E-state index in [0.29, 0.717) is 0 Å². The smallest absolute Gasteiger partial charge is 0.120 e. The highest BCUT2D eigenvalue weighted by atomic mass is 127. The minimum absolute atomic E-state index is 0.0213. The van der Waals surface area contributed by atoms with Gasteiger partial charge in [0.25, 0.3) is 0 Å². The molecule has 0 atom stereocenters. The van der Waals surface area contributed by atoms with Crippen LogP contribution in [0.2, 0.25) is 0 Å². The third-order valence-corrected chi connectivity index (χ3v) is 2.80. The predicted octanol–water partition coefficient (Wildman–Crippen LogP) is 4.14. The highest BCUT2D eigenvalue weighted by molar-refractivity contribution is 14.1. The molecule has 0 spiro atoms. The van der Waals surface area contributed by atoms with Gasteiger partial charge in [0.05, 0.1) is 0 Å². The Morgan fingerprint density at radius 2 is 1.13 bits per heavy atom. The second kappa shape index (κ2) is 5.28. The standard InChI is InChI=1S/C13H11IO/c14-15-13(11-7-3-1-4-8-11)12-9-5-2-6-10-12/h1-10,13H. The fourth-order valence-electron chi connectivity index (χ4n) is 1.55. The van der Waals surface area contributed by atoms with Gasteiger partial charge in [-0.05, 0) is 11.1 Å². The number of benzene rings is 2.